The molecule has 1 saturated heterocycles. The Kier molecular flexibility index (Phi) is 8.59. The molecule has 0 radical (unpaired) electrons. The summed E-state index contributed by atoms with van der Waals surface area (Å²) in [7, 11) is 1.93. The smallest absolute Gasteiger partial charge is 0.257 e. The first-order chi connectivity index (χ1) is 22.6. The summed E-state index contributed by atoms with van der Waals surface area (Å²) < 4.78 is 30.1. The Morgan fingerprint density at radius 3 is 2.40 bits per heavy atom. The maximum Gasteiger partial charge on any atom is 0.257 e. The zero-order valence-corrected chi connectivity index (χ0v) is 27.8. The number of hydrogen-bond donors (Lipinski definition) is 2. The Hall–Kier alpha value is -3.76. The zero-order valence-electron chi connectivity index (χ0n) is 26.3. The van der Waals surface area contributed by atoms with Gasteiger partial charge in [0.1, 0.15) is 11.4 Å². The number of hydrogen-bond acceptors (Lipinski definition) is 5. The molecule has 2 aromatic carbocycles. The number of anilines is 1. The number of fused-ring (bicyclic) bond motifs is 2. The minimum absolute atomic E-state index is 0.0541. The molecule has 8 nitrogen and oxygen atoms in total. The number of rotatable bonds is 8. The fourth-order valence-electron chi connectivity index (χ4n) is 7.14. The molecule has 2 saturated carbocycles. The van der Waals surface area contributed by atoms with Gasteiger partial charge in [0.2, 0.25) is 0 Å². The molecule has 3 aliphatic rings. The van der Waals surface area contributed by atoms with E-state index in [0.29, 0.717) is 55.8 Å². The summed E-state index contributed by atoms with van der Waals surface area (Å²) in [5, 5.41) is 6.58. The van der Waals surface area contributed by atoms with Crippen LogP contribution >= 0.6 is 23.2 Å². The molecule has 2 amide bonds. The van der Waals surface area contributed by atoms with E-state index in [4.69, 9.17) is 28.2 Å². The molecule has 0 spiro atoms. The number of imidazole rings is 1. The first kappa shape index (κ1) is 31.8. The van der Waals surface area contributed by atoms with Gasteiger partial charge in [-0.3, -0.25) is 14.6 Å². The summed E-state index contributed by atoms with van der Waals surface area (Å²) in [5.41, 5.74) is 3.61. The average molecular weight is 682 g/mol. The highest BCUT2D eigenvalue weighted by atomic mass is 35.5. The summed E-state index contributed by atoms with van der Waals surface area (Å²) in [5.74, 6) is -0.292. The molecule has 2 aromatic heterocycles. The van der Waals surface area contributed by atoms with E-state index in [2.05, 4.69) is 33.5 Å². The van der Waals surface area contributed by atoms with Crippen LogP contribution in [0.1, 0.15) is 76.7 Å². The number of halogens is 4. The van der Waals surface area contributed by atoms with E-state index in [9.17, 15) is 18.4 Å². The third-order valence-electron chi connectivity index (χ3n) is 10.1. The van der Waals surface area contributed by atoms with Crippen LogP contribution in [0.4, 0.5) is 14.5 Å². The third-order valence-corrected chi connectivity index (χ3v) is 11.0. The fraction of sp³-hybridized carbons (Fsp3) is 0.429. The summed E-state index contributed by atoms with van der Waals surface area (Å²) in [6.45, 7) is 4.10. The number of benzene rings is 2. The van der Waals surface area contributed by atoms with Gasteiger partial charge in [-0.1, -0.05) is 36.2 Å². The number of nitrogens with one attached hydrogen (secondary N) is 2. The first-order valence-corrected chi connectivity index (χ1v) is 16.9. The van der Waals surface area contributed by atoms with Crippen molar-refractivity contribution in [1.29, 1.82) is 0 Å². The van der Waals surface area contributed by atoms with E-state index in [0.717, 1.165) is 62.4 Å². The van der Waals surface area contributed by atoms with E-state index in [1.807, 2.05) is 17.7 Å². The van der Waals surface area contributed by atoms with E-state index in [1.54, 1.807) is 12.1 Å². The van der Waals surface area contributed by atoms with E-state index >= 15 is 0 Å². The molecule has 47 heavy (non-hydrogen) atoms. The predicted octanol–water partition coefficient (Wildman–Crippen LogP) is 6.84. The van der Waals surface area contributed by atoms with E-state index in [1.165, 1.54) is 6.42 Å². The van der Waals surface area contributed by atoms with Gasteiger partial charge in [-0.2, -0.15) is 0 Å². The highest BCUT2D eigenvalue weighted by Crippen LogP contribution is 2.47. The van der Waals surface area contributed by atoms with Crippen molar-refractivity contribution in [3.63, 3.8) is 0 Å². The van der Waals surface area contributed by atoms with Crippen LogP contribution in [0.15, 0.2) is 36.7 Å². The van der Waals surface area contributed by atoms with Crippen LogP contribution in [0.25, 0.3) is 11.0 Å². The van der Waals surface area contributed by atoms with Gasteiger partial charge < -0.3 is 20.1 Å². The van der Waals surface area contributed by atoms with Crippen LogP contribution in [0.5, 0.6) is 0 Å². The van der Waals surface area contributed by atoms with Crippen LogP contribution in [0, 0.1) is 29.4 Å². The van der Waals surface area contributed by atoms with Gasteiger partial charge in [-0.05, 0) is 79.2 Å². The fourth-order valence-corrected chi connectivity index (χ4v) is 7.71. The standard InChI is InChI=1S/C35H36Cl2F2N6O2/c1-18-3-6-22(7-4-18)42-34(46)24-10-28-30(12-29(24)45-16-20-9-21(20)17-45)44(2)31(43-28)11-23-25(36)8-5-19(33(23)37)13-41-35(47)32-26(38)14-40-15-27(32)39/h5,8,10,12,14-15,18,20-22H,3-4,6-7,9,11,13,16-17H2,1-2H3,(H,41,47)(H,42,46). The molecule has 3 heterocycles. The van der Waals surface area contributed by atoms with Crippen molar-refractivity contribution >= 4 is 51.7 Å². The molecule has 7 rings (SSSR count). The van der Waals surface area contributed by atoms with Crippen molar-refractivity contribution in [2.24, 2.45) is 24.8 Å². The molecular formula is C35H36Cl2F2N6O2. The van der Waals surface area contributed by atoms with Crippen LogP contribution in [-0.2, 0) is 20.0 Å². The number of pyridine rings is 1. The largest absolute Gasteiger partial charge is 0.370 e. The van der Waals surface area contributed by atoms with E-state index in [-0.39, 0.29) is 24.9 Å². The average Bonchev–Trinajstić information content (AvgIpc) is 3.53. The van der Waals surface area contributed by atoms with Crippen LogP contribution in [0.3, 0.4) is 0 Å². The minimum atomic E-state index is -1.05. The second-order valence-corrected chi connectivity index (χ2v) is 14.2. The Labute approximate surface area is 281 Å². The summed E-state index contributed by atoms with van der Waals surface area (Å²) in [6.07, 6.45) is 7.34. The number of nitrogens with zero attached hydrogens (tertiary/aromatic N) is 4. The van der Waals surface area contributed by atoms with Crippen molar-refractivity contribution in [2.75, 3.05) is 18.0 Å². The van der Waals surface area contributed by atoms with Crippen LogP contribution in [0.2, 0.25) is 10.0 Å². The molecule has 12 heteroatoms. The number of aryl methyl sites for hydroxylation is 1. The normalized spacial score (nSPS) is 22.0. The molecule has 2 atom stereocenters. The van der Waals surface area contributed by atoms with Crippen molar-refractivity contribution in [3.8, 4) is 0 Å². The van der Waals surface area contributed by atoms with Gasteiger partial charge in [-0.25, -0.2) is 13.8 Å². The van der Waals surface area contributed by atoms with Crippen molar-refractivity contribution in [2.45, 2.75) is 58.0 Å². The molecule has 246 valence electrons. The predicted molar refractivity (Wildman–Crippen MR) is 178 cm³/mol. The van der Waals surface area contributed by atoms with Crippen molar-refractivity contribution < 1.29 is 18.4 Å². The van der Waals surface area contributed by atoms with Gasteiger partial charge in [0.25, 0.3) is 11.8 Å². The highest BCUT2D eigenvalue weighted by Gasteiger charge is 2.46. The molecule has 3 fully saturated rings. The third kappa shape index (κ3) is 6.29. The van der Waals surface area contributed by atoms with Gasteiger partial charge in [0.05, 0.1) is 39.7 Å². The summed E-state index contributed by atoms with van der Waals surface area (Å²) >= 11 is 13.4. The first-order valence-electron chi connectivity index (χ1n) is 16.2. The monoisotopic (exact) mass is 680 g/mol. The topological polar surface area (TPSA) is 92.1 Å². The second-order valence-electron chi connectivity index (χ2n) is 13.4. The molecule has 2 unspecified atom stereocenters. The van der Waals surface area contributed by atoms with Gasteiger partial charge >= 0.3 is 0 Å². The van der Waals surface area contributed by atoms with Crippen molar-refractivity contribution in [1.82, 2.24) is 25.2 Å². The number of amides is 2. The molecular weight excluding hydrogens is 645 g/mol. The minimum Gasteiger partial charge on any atom is -0.370 e. The lowest BCUT2D eigenvalue weighted by Crippen LogP contribution is -2.38. The summed E-state index contributed by atoms with van der Waals surface area (Å²) in [4.78, 5) is 37.0. The van der Waals surface area contributed by atoms with Crippen LogP contribution < -0.4 is 15.5 Å². The lowest BCUT2D eigenvalue weighted by atomic mass is 9.87. The molecule has 4 aromatic rings. The Morgan fingerprint density at radius 2 is 1.70 bits per heavy atom. The van der Waals surface area contributed by atoms with Crippen LogP contribution in [-0.4, -0.2) is 45.5 Å². The molecule has 2 aliphatic carbocycles. The van der Waals surface area contributed by atoms with Gasteiger partial charge in [0, 0.05) is 44.2 Å². The lowest BCUT2D eigenvalue weighted by Gasteiger charge is -2.28. The maximum absolute atomic E-state index is 14.1. The lowest BCUT2D eigenvalue weighted by molar-refractivity contribution is 0.0920. The Bertz CT molecular complexity index is 1860. The number of piperidine rings is 1. The van der Waals surface area contributed by atoms with Crippen molar-refractivity contribution in [3.05, 3.63) is 86.4 Å². The number of aromatic nitrogens is 3. The van der Waals surface area contributed by atoms with Gasteiger partial charge in [-0.15, -0.1) is 0 Å². The Morgan fingerprint density at radius 1 is 1.00 bits per heavy atom. The zero-order chi connectivity index (χ0) is 33.0. The quantitative estimate of drug-likeness (QED) is 0.213. The number of carbonyl (C=O) groups is 2. The second kappa shape index (κ2) is 12.7. The molecule has 1 aliphatic heterocycles. The number of carbonyl (C=O) groups excluding carboxylic acids is 2. The molecule has 0 bridgehead atoms. The highest BCUT2D eigenvalue weighted by molar-refractivity contribution is 6.36. The maximum atomic E-state index is 14.1. The summed E-state index contributed by atoms with van der Waals surface area (Å²) in [6, 6.07) is 7.50. The van der Waals surface area contributed by atoms with Gasteiger partial charge in [0.15, 0.2) is 11.6 Å². The Balaban J connectivity index is 1.16. The SMILES string of the molecule is CC1CCC(NC(=O)c2cc3nc(Cc4c(Cl)ccc(CNC(=O)c5c(F)cncc5F)c4Cl)n(C)c3cc2N2CC3CC3C2)CC1. The van der Waals surface area contributed by atoms with E-state index < -0.39 is 23.1 Å². The molecule has 2 N–H and O–H groups in total.